The molecule has 6 rings (SSSR count). The van der Waals surface area contributed by atoms with Gasteiger partial charge in [-0.15, -0.1) is 11.3 Å². The number of aromatic nitrogens is 3. The third-order valence-corrected chi connectivity index (χ3v) is 7.18. The van der Waals surface area contributed by atoms with Crippen molar-refractivity contribution in [3.05, 3.63) is 65.0 Å². The fourth-order valence-corrected chi connectivity index (χ4v) is 5.74. The fourth-order valence-electron chi connectivity index (χ4n) is 4.94. The van der Waals surface area contributed by atoms with Crippen LogP contribution in [-0.2, 0) is 11.2 Å². The van der Waals surface area contributed by atoms with E-state index in [4.69, 9.17) is 4.52 Å². The van der Waals surface area contributed by atoms with E-state index in [1.54, 1.807) is 11.3 Å². The van der Waals surface area contributed by atoms with Crippen LogP contribution in [-0.4, -0.2) is 44.2 Å². The van der Waals surface area contributed by atoms with Gasteiger partial charge in [-0.05, 0) is 23.5 Å². The lowest BCUT2D eigenvalue weighted by Crippen LogP contribution is -2.30. The average Bonchev–Trinajstić information content (AvgIpc) is 3.59. The van der Waals surface area contributed by atoms with Crippen molar-refractivity contribution in [2.24, 2.45) is 5.92 Å². The van der Waals surface area contributed by atoms with Gasteiger partial charge in [0, 0.05) is 29.5 Å². The number of amides is 1. The minimum absolute atomic E-state index is 0.0166. The van der Waals surface area contributed by atoms with Crippen LogP contribution in [0.2, 0.25) is 0 Å². The second kappa shape index (κ2) is 7.65. The largest absolute Gasteiger partial charge is 0.395 e. The predicted molar refractivity (Wildman–Crippen MR) is 120 cm³/mol. The summed E-state index contributed by atoms with van der Waals surface area (Å²) in [6.45, 7) is 0.334. The molecule has 0 saturated carbocycles. The van der Waals surface area contributed by atoms with Crippen molar-refractivity contribution < 1.29 is 14.4 Å². The highest BCUT2D eigenvalue weighted by atomic mass is 32.1. The van der Waals surface area contributed by atoms with E-state index in [2.05, 4.69) is 21.2 Å². The molecule has 1 fully saturated rings. The van der Waals surface area contributed by atoms with Crippen molar-refractivity contribution in [1.29, 1.82) is 0 Å². The molecular weight excluding hydrogens is 424 g/mol. The molecule has 8 heteroatoms. The number of fused-ring (bicyclic) bond motifs is 3. The number of β-amino-alcohol motifs (C(OH)–C–C–N with tert-alkyl or cyclic N) is 1. The Balaban J connectivity index is 1.33. The Morgan fingerprint density at radius 3 is 2.81 bits per heavy atom. The molecule has 1 N–H and O–H groups in total. The van der Waals surface area contributed by atoms with Gasteiger partial charge in [0.05, 0.1) is 12.6 Å². The minimum Gasteiger partial charge on any atom is -0.395 e. The molecule has 2 aromatic heterocycles. The molecule has 2 atom stereocenters. The number of likely N-dealkylation sites (tertiary alicyclic amines) is 1. The second-order valence-electron chi connectivity index (χ2n) is 8.12. The lowest BCUT2D eigenvalue weighted by Gasteiger charge is -2.24. The molecule has 1 aliphatic carbocycles. The Labute approximate surface area is 188 Å². The molecule has 1 saturated heterocycles. The highest BCUT2D eigenvalue weighted by Crippen LogP contribution is 2.49. The lowest BCUT2D eigenvalue weighted by atomic mass is 10.0. The molecule has 1 aliphatic heterocycles. The van der Waals surface area contributed by atoms with Gasteiger partial charge in [0.25, 0.3) is 5.89 Å². The van der Waals surface area contributed by atoms with Crippen molar-refractivity contribution >= 4 is 17.2 Å². The number of aliphatic hydroxyl groups is 1. The summed E-state index contributed by atoms with van der Waals surface area (Å²) in [4.78, 5) is 23.5. The fraction of sp³-hybridized carbons (Fsp3) is 0.250. The molecule has 1 amide bonds. The zero-order valence-corrected chi connectivity index (χ0v) is 18.0. The lowest BCUT2D eigenvalue weighted by molar-refractivity contribution is -0.129. The average molecular weight is 445 g/mol. The molecule has 7 nitrogen and oxygen atoms in total. The highest BCUT2D eigenvalue weighted by molar-refractivity contribution is 7.13. The molecule has 160 valence electrons. The summed E-state index contributed by atoms with van der Waals surface area (Å²) < 4.78 is 5.57. The summed E-state index contributed by atoms with van der Waals surface area (Å²) >= 11 is 1.54. The zero-order chi connectivity index (χ0) is 21.7. The van der Waals surface area contributed by atoms with Crippen LogP contribution in [0.15, 0.2) is 58.4 Å². The summed E-state index contributed by atoms with van der Waals surface area (Å²) in [5.41, 5.74) is 4.93. The maximum absolute atomic E-state index is 12.4. The number of hydrogen-bond acceptors (Lipinski definition) is 7. The van der Waals surface area contributed by atoms with Gasteiger partial charge in [0.2, 0.25) is 11.7 Å². The second-order valence-corrected chi connectivity index (χ2v) is 8.98. The van der Waals surface area contributed by atoms with Crippen LogP contribution < -0.4 is 0 Å². The van der Waals surface area contributed by atoms with Crippen LogP contribution in [0.1, 0.15) is 23.6 Å². The monoisotopic (exact) mass is 444 g/mol. The summed E-state index contributed by atoms with van der Waals surface area (Å²) in [5, 5.41) is 16.5. The van der Waals surface area contributed by atoms with Crippen LogP contribution in [0, 0.1) is 5.92 Å². The van der Waals surface area contributed by atoms with Crippen LogP contribution in [0.4, 0.5) is 0 Å². The topological polar surface area (TPSA) is 92.3 Å². The molecule has 3 heterocycles. The molecule has 0 unspecified atom stereocenters. The number of rotatable bonds is 5. The maximum atomic E-state index is 12.4. The minimum atomic E-state index is -0.0310. The number of nitrogens with zero attached hydrogens (tertiary/aromatic N) is 4. The van der Waals surface area contributed by atoms with E-state index in [1.165, 1.54) is 0 Å². The van der Waals surface area contributed by atoms with Gasteiger partial charge < -0.3 is 14.5 Å². The molecule has 2 aromatic carbocycles. The van der Waals surface area contributed by atoms with Crippen molar-refractivity contribution in [1.82, 2.24) is 20.0 Å². The molecule has 2 aliphatic rings. The van der Waals surface area contributed by atoms with Crippen molar-refractivity contribution in [2.75, 3.05) is 13.2 Å². The highest BCUT2D eigenvalue weighted by Gasteiger charge is 2.46. The summed E-state index contributed by atoms with van der Waals surface area (Å²) in [5.74, 6) is 1.27. The van der Waals surface area contributed by atoms with Gasteiger partial charge in [-0.3, -0.25) is 4.79 Å². The predicted octanol–water partition coefficient (Wildman–Crippen LogP) is 3.97. The van der Waals surface area contributed by atoms with Gasteiger partial charge in [-0.1, -0.05) is 53.7 Å². The quantitative estimate of drug-likeness (QED) is 0.501. The molecule has 4 aromatic rings. The number of carbonyl (C=O) groups is 1. The van der Waals surface area contributed by atoms with Gasteiger partial charge in [-0.2, -0.15) is 4.98 Å². The van der Waals surface area contributed by atoms with E-state index in [1.807, 2.05) is 52.7 Å². The molecule has 0 radical (unpaired) electrons. The maximum Gasteiger partial charge on any atom is 0.277 e. The molecule has 32 heavy (non-hydrogen) atoms. The molecule has 0 bridgehead atoms. The Kier molecular flexibility index (Phi) is 4.62. The summed E-state index contributed by atoms with van der Waals surface area (Å²) in [6, 6.07) is 16.1. The van der Waals surface area contributed by atoms with E-state index >= 15 is 0 Å². The first kappa shape index (κ1) is 19.3. The van der Waals surface area contributed by atoms with Crippen molar-refractivity contribution in [3.63, 3.8) is 0 Å². The summed E-state index contributed by atoms with van der Waals surface area (Å²) in [7, 11) is 0. The van der Waals surface area contributed by atoms with Crippen LogP contribution >= 0.6 is 11.3 Å². The first-order valence-electron chi connectivity index (χ1n) is 10.6. The van der Waals surface area contributed by atoms with Crippen LogP contribution in [0.25, 0.3) is 33.5 Å². The third-order valence-electron chi connectivity index (χ3n) is 6.29. The Hall–Kier alpha value is -3.36. The van der Waals surface area contributed by atoms with E-state index in [9.17, 15) is 9.90 Å². The SMILES string of the molecule is O=C1C[C@@H]2Cc3c(-c4noc(-c5csc(-c6ccccc6)n5)n4)cccc3[C@@H]2N1CCO. The van der Waals surface area contributed by atoms with E-state index in [-0.39, 0.29) is 24.5 Å². The first-order chi connectivity index (χ1) is 15.7. The van der Waals surface area contributed by atoms with Crippen LogP contribution in [0.3, 0.4) is 0 Å². The van der Waals surface area contributed by atoms with E-state index < -0.39 is 0 Å². The number of carbonyl (C=O) groups excluding carboxylic acids is 1. The van der Waals surface area contributed by atoms with Gasteiger partial charge in [0.15, 0.2) is 0 Å². The number of aliphatic hydroxyl groups excluding tert-OH is 1. The van der Waals surface area contributed by atoms with Gasteiger partial charge in [0.1, 0.15) is 10.7 Å². The molecule has 0 spiro atoms. The zero-order valence-electron chi connectivity index (χ0n) is 17.1. The van der Waals surface area contributed by atoms with Gasteiger partial charge >= 0.3 is 0 Å². The van der Waals surface area contributed by atoms with E-state index in [0.29, 0.717) is 30.4 Å². The summed E-state index contributed by atoms with van der Waals surface area (Å²) in [6.07, 6.45) is 1.31. The van der Waals surface area contributed by atoms with Crippen molar-refractivity contribution in [2.45, 2.75) is 18.9 Å². The number of hydrogen-bond donors (Lipinski definition) is 1. The van der Waals surface area contributed by atoms with Gasteiger partial charge in [-0.25, -0.2) is 4.98 Å². The number of benzene rings is 2. The van der Waals surface area contributed by atoms with Crippen molar-refractivity contribution in [3.8, 4) is 33.5 Å². The standard InChI is InChI=1S/C24H20N4O3S/c29-10-9-28-20(30)12-15-11-18-16(21(15)28)7-4-8-17(18)22-26-23(31-27-22)19-13-32-24(25-19)14-5-2-1-3-6-14/h1-8,13,15,21,29H,9-12H2/t15-,21+/m0/s1. The Bertz CT molecular complexity index is 1300. The normalized spacial score (nSPS) is 19.4. The number of thiazole rings is 1. The molecular formula is C24H20N4O3S. The Morgan fingerprint density at radius 1 is 1.09 bits per heavy atom. The first-order valence-corrected chi connectivity index (χ1v) is 11.5. The Morgan fingerprint density at radius 2 is 1.97 bits per heavy atom. The van der Waals surface area contributed by atoms with E-state index in [0.717, 1.165) is 33.7 Å². The van der Waals surface area contributed by atoms with Crippen LogP contribution in [0.5, 0.6) is 0 Å². The third kappa shape index (κ3) is 3.06. The smallest absolute Gasteiger partial charge is 0.277 e.